The number of hydrogen-bond donors (Lipinski definition) is 2. The zero-order valence-electron chi connectivity index (χ0n) is 11.0. The van der Waals surface area contributed by atoms with E-state index in [9.17, 15) is 14.6 Å². The predicted octanol–water partition coefficient (Wildman–Crippen LogP) is 0.00960. The smallest absolute Gasteiger partial charge is 0.221 e. The molecule has 8 heteroatoms. The van der Waals surface area contributed by atoms with Crippen molar-refractivity contribution < 1.29 is 24.1 Å². The monoisotopic (exact) mass is 275 g/mol. The fourth-order valence-electron chi connectivity index (χ4n) is 1.96. The van der Waals surface area contributed by atoms with Gasteiger partial charge >= 0.3 is 0 Å². The van der Waals surface area contributed by atoms with Gasteiger partial charge in [-0.1, -0.05) is 5.21 Å². The molecule has 1 saturated heterocycles. The molecular weight excluding hydrogens is 257 g/mol. The molecule has 19 heavy (non-hydrogen) atoms. The van der Waals surface area contributed by atoms with Crippen LogP contribution in [0.5, 0.6) is 0 Å². The van der Waals surface area contributed by atoms with Gasteiger partial charge in [-0.2, -0.15) is 0 Å². The number of aliphatic hydroxyl groups excluding tert-OH is 1. The maximum Gasteiger partial charge on any atom is 0.221 e. The van der Waals surface area contributed by atoms with Gasteiger partial charge in [-0.15, -0.1) is 5.10 Å². The number of halogens is 1. The third kappa shape index (κ3) is 2.92. The Kier molecular flexibility index (Phi) is 3.61. The topological polar surface area (TPSA) is 89.6 Å². The average Bonchev–Trinajstić information content (AvgIpc) is 2.84. The van der Waals surface area contributed by atoms with Gasteiger partial charge in [0.15, 0.2) is 5.79 Å². The summed E-state index contributed by atoms with van der Waals surface area (Å²) in [5.41, 5.74) is -1.50. The van der Waals surface area contributed by atoms with Crippen molar-refractivity contribution >= 4 is 0 Å². The van der Waals surface area contributed by atoms with E-state index in [1.807, 2.05) is 0 Å². The van der Waals surface area contributed by atoms with Gasteiger partial charge in [0.2, 0.25) is 6.30 Å². The fourth-order valence-corrected chi connectivity index (χ4v) is 1.96. The molecule has 1 aromatic rings. The van der Waals surface area contributed by atoms with Crippen LogP contribution in [0.2, 0.25) is 0 Å². The molecule has 1 fully saturated rings. The van der Waals surface area contributed by atoms with Crippen LogP contribution in [-0.2, 0) is 9.47 Å². The maximum absolute atomic E-state index is 14.1. The molecule has 2 N–H and O–H groups in total. The van der Waals surface area contributed by atoms with Crippen molar-refractivity contribution in [2.24, 2.45) is 0 Å². The van der Waals surface area contributed by atoms with Crippen LogP contribution < -0.4 is 0 Å². The predicted molar refractivity (Wildman–Crippen MR) is 61.7 cm³/mol. The third-order valence-corrected chi connectivity index (χ3v) is 3.02. The molecule has 0 aliphatic carbocycles. The first kappa shape index (κ1) is 14.3. The van der Waals surface area contributed by atoms with Crippen molar-refractivity contribution in [3.63, 3.8) is 0 Å². The largest absolute Gasteiger partial charge is 0.385 e. The van der Waals surface area contributed by atoms with E-state index in [1.165, 1.54) is 19.3 Å². The zero-order valence-corrected chi connectivity index (χ0v) is 11.0. The Bertz CT molecular complexity index is 424. The Morgan fingerprint density at radius 3 is 2.74 bits per heavy atom. The van der Waals surface area contributed by atoms with E-state index in [1.54, 1.807) is 13.8 Å². The number of rotatable bonds is 3. The van der Waals surface area contributed by atoms with Gasteiger partial charge in [0, 0.05) is 6.20 Å². The summed E-state index contributed by atoms with van der Waals surface area (Å²) in [6.07, 6.45) is -2.03. The number of aliphatic hydroxyl groups is 2. The lowest BCUT2D eigenvalue weighted by Crippen LogP contribution is -2.61. The molecule has 1 aromatic heterocycles. The number of alkyl halides is 1. The highest BCUT2D eigenvalue weighted by atomic mass is 19.1. The molecule has 0 aromatic carbocycles. The van der Waals surface area contributed by atoms with Crippen molar-refractivity contribution in [1.82, 2.24) is 15.0 Å². The van der Waals surface area contributed by atoms with Crippen LogP contribution in [0, 0.1) is 0 Å². The number of ether oxygens (including phenoxy) is 2. The SMILES string of the molecule is CC1(C)OC[C@@](C)(O)C([C@@H](O)C(F)n2ccnn2)O1. The maximum atomic E-state index is 14.1. The Hall–Kier alpha value is -1.09. The molecule has 4 atom stereocenters. The van der Waals surface area contributed by atoms with Gasteiger partial charge in [-0.3, -0.25) is 0 Å². The van der Waals surface area contributed by atoms with Crippen LogP contribution in [-0.4, -0.2) is 55.4 Å². The minimum atomic E-state index is -1.87. The van der Waals surface area contributed by atoms with E-state index in [-0.39, 0.29) is 6.61 Å². The normalized spacial score (nSPS) is 33.9. The molecule has 0 bridgehead atoms. The van der Waals surface area contributed by atoms with Crippen molar-refractivity contribution in [2.75, 3.05) is 6.61 Å². The second-order valence-corrected chi connectivity index (χ2v) is 5.33. The van der Waals surface area contributed by atoms with Crippen LogP contribution in [0.4, 0.5) is 4.39 Å². The van der Waals surface area contributed by atoms with E-state index >= 15 is 0 Å². The first-order valence-corrected chi connectivity index (χ1v) is 5.95. The standard InChI is InChI=1S/C11H18FN3O4/c1-10(2)18-6-11(3,17)8(19-10)7(16)9(12)15-5-4-13-14-15/h4-5,7-9,16-17H,6H2,1-3H3/t7-,8?,9?,11-/m1/s1. The van der Waals surface area contributed by atoms with Crippen molar-refractivity contribution in [2.45, 2.75) is 50.7 Å². The van der Waals surface area contributed by atoms with Crippen LogP contribution in [0.15, 0.2) is 12.4 Å². The molecule has 7 nitrogen and oxygen atoms in total. The molecule has 2 unspecified atom stereocenters. The first-order chi connectivity index (χ1) is 8.73. The van der Waals surface area contributed by atoms with Gasteiger partial charge in [0.25, 0.3) is 0 Å². The molecule has 0 amide bonds. The summed E-state index contributed by atoms with van der Waals surface area (Å²) >= 11 is 0. The van der Waals surface area contributed by atoms with E-state index < -0.39 is 29.9 Å². The zero-order chi connectivity index (χ0) is 14.3. The summed E-state index contributed by atoms with van der Waals surface area (Å²) in [5.74, 6) is -1.00. The molecule has 2 heterocycles. The lowest BCUT2D eigenvalue weighted by molar-refractivity contribution is -0.349. The van der Waals surface area contributed by atoms with E-state index in [0.717, 1.165) is 4.68 Å². The Morgan fingerprint density at radius 1 is 1.47 bits per heavy atom. The minimum absolute atomic E-state index is 0.0637. The summed E-state index contributed by atoms with van der Waals surface area (Å²) in [6.45, 7) is 4.62. The average molecular weight is 275 g/mol. The minimum Gasteiger partial charge on any atom is -0.385 e. The molecule has 108 valence electrons. The Labute approximate surface area is 109 Å². The summed E-state index contributed by atoms with van der Waals surface area (Å²) in [6, 6.07) is 0. The van der Waals surface area contributed by atoms with Crippen molar-refractivity contribution in [1.29, 1.82) is 0 Å². The molecular formula is C11H18FN3O4. The highest BCUT2D eigenvalue weighted by Crippen LogP contribution is 2.33. The van der Waals surface area contributed by atoms with Crippen molar-refractivity contribution in [3.8, 4) is 0 Å². The van der Waals surface area contributed by atoms with Crippen molar-refractivity contribution in [3.05, 3.63) is 12.4 Å². The van der Waals surface area contributed by atoms with Gasteiger partial charge < -0.3 is 19.7 Å². The lowest BCUT2D eigenvalue weighted by Gasteiger charge is -2.46. The molecule has 1 aliphatic heterocycles. The van der Waals surface area contributed by atoms with Gasteiger partial charge in [-0.25, -0.2) is 9.07 Å². The summed E-state index contributed by atoms with van der Waals surface area (Å²) < 4.78 is 25.7. The summed E-state index contributed by atoms with van der Waals surface area (Å²) in [7, 11) is 0. The van der Waals surface area contributed by atoms with E-state index in [4.69, 9.17) is 9.47 Å². The fraction of sp³-hybridized carbons (Fsp3) is 0.818. The Morgan fingerprint density at radius 2 is 2.16 bits per heavy atom. The molecule has 0 spiro atoms. The number of aromatic nitrogens is 3. The highest BCUT2D eigenvalue weighted by Gasteiger charge is 2.49. The quantitative estimate of drug-likeness (QED) is 0.807. The Balaban J connectivity index is 2.18. The molecule has 0 saturated carbocycles. The second kappa shape index (κ2) is 4.78. The van der Waals surface area contributed by atoms with Crippen LogP contribution in [0.1, 0.15) is 27.1 Å². The number of nitrogens with zero attached hydrogens (tertiary/aromatic N) is 3. The summed E-state index contributed by atoms with van der Waals surface area (Å²) in [5, 5.41) is 27.2. The van der Waals surface area contributed by atoms with Gasteiger partial charge in [0.1, 0.15) is 17.8 Å². The van der Waals surface area contributed by atoms with E-state index in [2.05, 4.69) is 10.3 Å². The molecule has 0 radical (unpaired) electrons. The van der Waals surface area contributed by atoms with Gasteiger partial charge in [0.05, 0.1) is 12.8 Å². The van der Waals surface area contributed by atoms with Gasteiger partial charge in [-0.05, 0) is 20.8 Å². The molecule has 1 aliphatic rings. The van der Waals surface area contributed by atoms with Crippen LogP contribution >= 0.6 is 0 Å². The molecule has 2 rings (SSSR count). The number of hydrogen-bond acceptors (Lipinski definition) is 6. The van der Waals surface area contributed by atoms with E-state index in [0.29, 0.717) is 0 Å². The summed E-state index contributed by atoms with van der Waals surface area (Å²) in [4.78, 5) is 0. The third-order valence-electron chi connectivity index (χ3n) is 3.02. The highest BCUT2D eigenvalue weighted by molar-refractivity contribution is 4.94. The van der Waals surface area contributed by atoms with Crippen LogP contribution in [0.25, 0.3) is 0 Å². The first-order valence-electron chi connectivity index (χ1n) is 5.95. The lowest BCUT2D eigenvalue weighted by atomic mass is 9.93. The van der Waals surface area contributed by atoms with Crippen LogP contribution in [0.3, 0.4) is 0 Å². The second-order valence-electron chi connectivity index (χ2n) is 5.33.